The number of aryl methyl sites for hydroxylation is 1. The summed E-state index contributed by atoms with van der Waals surface area (Å²) in [6.07, 6.45) is 7.36. The monoisotopic (exact) mass is 398 g/mol. The Morgan fingerprint density at radius 2 is 2.17 bits per heavy atom. The highest BCUT2D eigenvalue weighted by molar-refractivity contribution is 5.98. The molecule has 0 atom stereocenters. The highest BCUT2D eigenvalue weighted by Gasteiger charge is 2.27. The van der Waals surface area contributed by atoms with Gasteiger partial charge >= 0.3 is 0 Å². The van der Waals surface area contributed by atoms with Crippen molar-refractivity contribution < 1.29 is 4.79 Å². The van der Waals surface area contributed by atoms with E-state index in [9.17, 15) is 4.79 Å². The summed E-state index contributed by atoms with van der Waals surface area (Å²) < 4.78 is 1.71. The summed E-state index contributed by atoms with van der Waals surface area (Å²) in [6.45, 7) is 6.10. The molecule has 29 heavy (non-hydrogen) atoms. The van der Waals surface area contributed by atoms with Crippen molar-refractivity contribution in [2.75, 3.05) is 49.5 Å². The van der Waals surface area contributed by atoms with Crippen LogP contribution in [-0.4, -0.2) is 70.8 Å². The molecule has 0 radical (unpaired) electrons. The van der Waals surface area contributed by atoms with E-state index in [4.69, 9.17) is 4.99 Å². The van der Waals surface area contributed by atoms with Gasteiger partial charge in [0, 0.05) is 52.2 Å². The lowest BCUT2D eigenvalue weighted by molar-refractivity contribution is -0.120. The summed E-state index contributed by atoms with van der Waals surface area (Å²) in [5, 5.41) is 10.8. The molecule has 9 heteroatoms. The highest BCUT2D eigenvalue weighted by atomic mass is 16.2. The van der Waals surface area contributed by atoms with E-state index in [1.54, 1.807) is 22.0 Å². The molecule has 2 aromatic rings. The molecule has 0 aromatic carbocycles. The molecule has 0 bridgehead atoms. The second-order valence-corrected chi connectivity index (χ2v) is 6.92. The number of rotatable bonds is 8. The number of carbonyl (C=O) groups excluding carboxylic acids is 1. The van der Waals surface area contributed by atoms with Crippen molar-refractivity contribution in [3.63, 3.8) is 0 Å². The van der Waals surface area contributed by atoms with Gasteiger partial charge in [0.1, 0.15) is 12.4 Å². The summed E-state index contributed by atoms with van der Waals surface area (Å²) in [4.78, 5) is 25.4. The molecular weight excluding hydrogens is 368 g/mol. The fourth-order valence-corrected chi connectivity index (χ4v) is 3.21. The van der Waals surface area contributed by atoms with E-state index in [0.29, 0.717) is 13.1 Å². The van der Waals surface area contributed by atoms with Crippen LogP contribution in [0.3, 0.4) is 0 Å². The molecule has 1 aliphatic rings. The quantitative estimate of drug-likeness (QED) is 0.396. The predicted octanol–water partition coefficient (Wildman–Crippen LogP) is 1.32. The lowest BCUT2D eigenvalue weighted by Crippen LogP contribution is -2.55. The van der Waals surface area contributed by atoms with Gasteiger partial charge in [0.2, 0.25) is 5.91 Å². The molecule has 156 valence electrons. The molecule has 1 saturated heterocycles. The number of aliphatic imine (C=N–C) groups is 1. The zero-order valence-corrected chi connectivity index (χ0v) is 17.2. The number of pyridine rings is 1. The second-order valence-electron chi connectivity index (χ2n) is 6.92. The van der Waals surface area contributed by atoms with Crippen LogP contribution in [0.5, 0.6) is 0 Å². The number of nitrogens with one attached hydrogen (secondary N) is 2. The van der Waals surface area contributed by atoms with Gasteiger partial charge in [-0.1, -0.05) is 6.07 Å². The molecule has 3 heterocycles. The normalized spacial score (nSPS) is 15.0. The van der Waals surface area contributed by atoms with Crippen molar-refractivity contribution in [3.05, 3.63) is 36.8 Å². The number of guanidine groups is 1. The van der Waals surface area contributed by atoms with E-state index in [0.717, 1.165) is 56.5 Å². The van der Waals surface area contributed by atoms with Crippen LogP contribution in [0.1, 0.15) is 19.8 Å². The van der Waals surface area contributed by atoms with Crippen molar-refractivity contribution in [1.82, 2.24) is 25.0 Å². The number of carbonyl (C=O) groups is 1. The zero-order chi connectivity index (χ0) is 20.5. The van der Waals surface area contributed by atoms with Crippen molar-refractivity contribution in [2.45, 2.75) is 19.8 Å². The van der Waals surface area contributed by atoms with Crippen LogP contribution in [0.25, 0.3) is 0 Å². The van der Waals surface area contributed by atoms with E-state index >= 15 is 0 Å². The zero-order valence-electron chi connectivity index (χ0n) is 17.2. The van der Waals surface area contributed by atoms with Crippen LogP contribution >= 0.6 is 0 Å². The highest BCUT2D eigenvalue weighted by Crippen LogP contribution is 2.16. The molecule has 0 unspecified atom stereocenters. The molecule has 9 nitrogen and oxygen atoms in total. The lowest BCUT2D eigenvalue weighted by Gasteiger charge is -2.35. The molecule has 1 aliphatic heterocycles. The smallest absolute Gasteiger partial charge is 0.246 e. The van der Waals surface area contributed by atoms with Gasteiger partial charge in [0.05, 0.1) is 11.9 Å². The second kappa shape index (κ2) is 10.4. The van der Waals surface area contributed by atoms with Crippen LogP contribution in [-0.2, 0) is 11.8 Å². The predicted molar refractivity (Wildman–Crippen MR) is 115 cm³/mol. The average molecular weight is 399 g/mol. The van der Waals surface area contributed by atoms with Crippen LogP contribution in [0.2, 0.25) is 0 Å². The topological polar surface area (TPSA) is 90.7 Å². The van der Waals surface area contributed by atoms with E-state index in [-0.39, 0.29) is 5.91 Å². The number of nitrogens with zero attached hydrogens (tertiary/aromatic N) is 6. The van der Waals surface area contributed by atoms with Gasteiger partial charge in [-0.05, 0) is 31.9 Å². The molecule has 1 amide bonds. The first-order valence-electron chi connectivity index (χ1n) is 10.1. The molecule has 2 aromatic heterocycles. The van der Waals surface area contributed by atoms with Crippen molar-refractivity contribution >= 4 is 23.4 Å². The Hall–Kier alpha value is -3.10. The van der Waals surface area contributed by atoms with Crippen LogP contribution in [0.4, 0.5) is 11.5 Å². The van der Waals surface area contributed by atoms with Gasteiger partial charge in [-0.15, -0.1) is 0 Å². The summed E-state index contributed by atoms with van der Waals surface area (Å²) in [5.74, 6) is 1.77. The summed E-state index contributed by atoms with van der Waals surface area (Å²) in [6, 6.07) is 5.84. The summed E-state index contributed by atoms with van der Waals surface area (Å²) in [5.41, 5.74) is 0.847. The molecule has 3 rings (SSSR count). The molecule has 0 saturated carbocycles. The molecule has 0 aliphatic carbocycles. The van der Waals surface area contributed by atoms with E-state index in [1.165, 1.54) is 0 Å². The maximum absolute atomic E-state index is 12.6. The Kier molecular flexibility index (Phi) is 7.43. The minimum atomic E-state index is 0.0643. The largest absolute Gasteiger partial charge is 0.370 e. The Morgan fingerprint density at radius 3 is 2.86 bits per heavy atom. The van der Waals surface area contributed by atoms with Gasteiger partial charge in [0.25, 0.3) is 0 Å². The van der Waals surface area contributed by atoms with Gasteiger partial charge in [-0.2, -0.15) is 5.10 Å². The van der Waals surface area contributed by atoms with Gasteiger partial charge in [-0.25, -0.2) is 4.98 Å². The third kappa shape index (κ3) is 5.94. The van der Waals surface area contributed by atoms with Crippen molar-refractivity contribution in [1.29, 1.82) is 0 Å². The molecule has 0 spiro atoms. The Balaban J connectivity index is 1.45. The van der Waals surface area contributed by atoms with Crippen LogP contribution in [0.15, 0.2) is 41.8 Å². The molecular formula is C20H30N8O. The number of anilines is 2. The molecule has 1 fully saturated rings. The summed E-state index contributed by atoms with van der Waals surface area (Å²) >= 11 is 0. The average Bonchev–Trinajstić information content (AvgIpc) is 3.16. The Morgan fingerprint density at radius 1 is 1.28 bits per heavy atom. The SMILES string of the molecule is CCNC(=NCCCCNc1ccccn1)N1CCN(c2cnn(C)c2)C(=O)C1. The number of amides is 1. The summed E-state index contributed by atoms with van der Waals surface area (Å²) in [7, 11) is 1.85. The van der Waals surface area contributed by atoms with Gasteiger partial charge < -0.3 is 20.4 Å². The van der Waals surface area contributed by atoms with Crippen LogP contribution < -0.4 is 15.5 Å². The maximum atomic E-state index is 12.6. The first-order chi connectivity index (χ1) is 14.2. The first kappa shape index (κ1) is 20.6. The van der Waals surface area contributed by atoms with Gasteiger partial charge in [0.15, 0.2) is 5.96 Å². The third-order valence-electron chi connectivity index (χ3n) is 4.68. The van der Waals surface area contributed by atoms with Gasteiger partial charge in [-0.3, -0.25) is 14.5 Å². The third-order valence-corrected chi connectivity index (χ3v) is 4.68. The lowest BCUT2D eigenvalue weighted by atomic mass is 10.3. The minimum absolute atomic E-state index is 0.0643. The number of unbranched alkanes of at least 4 members (excludes halogenated alkanes) is 1. The number of hydrogen-bond acceptors (Lipinski definition) is 5. The van der Waals surface area contributed by atoms with Crippen molar-refractivity contribution in [3.8, 4) is 0 Å². The van der Waals surface area contributed by atoms with Crippen LogP contribution in [0, 0.1) is 0 Å². The minimum Gasteiger partial charge on any atom is -0.370 e. The number of piperazine rings is 1. The standard InChI is InChI=1S/C20H30N8O/c1-3-21-20(24-11-7-6-10-23-18-8-4-5-9-22-18)27-12-13-28(19(29)16-27)17-14-25-26(2)15-17/h4-5,8-9,14-15H,3,6-7,10-13,16H2,1-2H3,(H,21,24)(H,22,23). The Labute approximate surface area is 171 Å². The van der Waals surface area contributed by atoms with Crippen molar-refractivity contribution in [2.24, 2.45) is 12.0 Å². The fourth-order valence-electron chi connectivity index (χ4n) is 3.21. The number of hydrogen-bond donors (Lipinski definition) is 2. The molecule has 2 N–H and O–H groups in total. The van der Waals surface area contributed by atoms with E-state index in [1.807, 2.05) is 43.3 Å². The Bertz CT molecular complexity index is 804. The number of aromatic nitrogens is 3. The van der Waals surface area contributed by atoms with E-state index in [2.05, 4.69) is 20.7 Å². The first-order valence-corrected chi connectivity index (χ1v) is 10.1. The van der Waals surface area contributed by atoms with E-state index < -0.39 is 0 Å². The fraction of sp³-hybridized carbons (Fsp3) is 0.500. The maximum Gasteiger partial charge on any atom is 0.246 e.